The lowest BCUT2D eigenvalue weighted by molar-refractivity contribution is -0.135. The number of rotatable bonds is 5. The normalized spacial score (nSPS) is 24.5. The van der Waals surface area contributed by atoms with E-state index in [1.165, 1.54) is 0 Å². The van der Waals surface area contributed by atoms with Crippen LogP contribution in [0.5, 0.6) is 0 Å². The molecule has 0 radical (unpaired) electrons. The summed E-state index contributed by atoms with van der Waals surface area (Å²) < 4.78 is 0. The summed E-state index contributed by atoms with van der Waals surface area (Å²) in [7, 11) is 0. The Morgan fingerprint density at radius 3 is 2.37 bits per heavy atom. The van der Waals surface area contributed by atoms with E-state index in [9.17, 15) is 9.59 Å². The Kier molecular flexibility index (Phi) is 5.81. The fraction of sp³-hybridized carbons (Fsp3) is 0.786. The van der Waals surface area contributed by atoms with Gasteiger partial charge in [0.1, 0.15) is 6.04 Å². The molecule has 0 aromatic carbocycles. The third kappa shape index (κ3) is 4.55. The van der Waals surface area contributed by atoms with Crippen LogP contribution in [0, 0.1) is 29.1 Å². The van der Waals surface area contributed by atoms with E-state index in [1.54, 1.807) is 0 Å². The molecule has 0 aromatic rings. The zero-order chi connectivity index (χ0) is 14.4. The van der Waals surface area contributed by atoms with Gasteiger partial charge in [0, 0.05) is 11.8 Å². The zero-order valence-electron chi connectivity index (χ0n) is 11.7. The molecular weight excluding hydrogens is 242 g/mol. The number of primary amides is 1. The maximum Gasteiger partial charge on any atom is 0.224 e. The highest BCUT2D eigenvalue weighted by molar-refractivity contribution is 5.87. The first kappa shape index (κ1) is 15.5. The van der Waals surface area contributed by atoms with Gasteiger partial charge < -0.3 is 11.1 Å². The average Bonchev–Trinajstić information content (AvgIpc) is 2.37. The first-order chi connectivity index (χ1) is 8.95. The van der Waals surface area contributed by atoms with E-state index in [-0.39, 0.29) is 17.7 Å². The fourth-order valence-electron chi connectivity index (χ4n) is 2.68. The van der Waals surface area contributed by atoms with Crippen LogP contribution >= 0.6 is 0 Å². The van der Waals surface area contributed by atoms with Crippen molar-refractivity contribution in [3.05, 3.63) is 0 Å². The highest BCUT2D eigenvalue weighted by Gasteiger charge is 2.35. The van der Waals surface area contributed by atoms with Crippen LogP contribution in [0.15, 0.2) is 0 Å². The van der Waals surface area contributed by atoms with Gasteiger partial charge in [-0.25, -0.2) is 0 Å². The van der Waals surface area contributed by atoms with Crippen molar-refractivity contribution in [3.63, 3.8) is 0 Å². The molecule has 1 fully saturated rings. The Morgan fingerprint density at radius 1 is 1.32 bits per heavy atom. The number of nitriles is 1. The minimum Gasteiger partial charge on any atom is -0.369 e. The largest absolute Gasteiger partial charge is 0.369 e. The van der Waals surface area contributed by atoms with Crippen LogP contribution < -0.4 is 11.1 Å². The van der Waals surface area contributed by atoms with Crippen molar-refractivity contribution in [2.75, 3.05) is 0 Å². The van der Waals surface area contributed by atoms with Crippen LogP contribution in [-0.4, -0.2) is 17.9 Å². The van der Waals surface area contributed by atoms with Gasteiger partial charge in [-0.2, -0.15) is 5.26 Å². The number of nitrogens with one attached hydrogen (secondary N) is 1. The minimum atomic E-state index is -0.483. The minimum absolute atomic E-state index is 0.198. The quantitative estimate of drug-likeness (QED) is 0.785. The number of hydrogen-bond acceptors (Lipinski definition) is 3. The molecule has 19 heavy (non-hydrogen) atoms. The van der Waals surface area contributed by atoms with Gasteiger partial charge >= 0.3 is 0 Å². The van der Waals surface area contributed by atoms with E-state index < -0.39 is 11.9 Å². The Hall–Kier alpha value is -1.57. The van der Waals surface area contributed by atoms with E-state index in [4.69, 9.17) is 11.0 Å². The summed E-state index contributed by atoms with van der Waals surface area (Å²) in [5.74, 6) is -1.02. The van der Waals surface area contributed by atoms with Crippen molar-refractivity contribution in [1.82, 2.24) is 5.32 Å². The molecule has 0 heterocycles. The molecule has 0 spiro atoms. The Bertz CT molecular complexity index is 373. The Balaban J connectivity index is 2.64. The van der Waals surface area contributed by atoms with Crippen LogP contribution in [0.2, 0.25) is 0 Å². The van der Waals surface area contributed by atoms with E-state index in [0.29, 0.717) is 25.2 Å². The predicted molar refractivity (Wildman–Crippen MR) is 71.6 cm³/mol. The molecule has 5 heteroatoms. The molecule has 1 rings (SSSR count). The van der Waals surface area contributed by atoms with Gasteiger partial charge in [-0.05, 0) is 25.2 Å². The SMILES string of the molecule is CC(C)C[C@H](C#N)NC(=O)[C@@H]1CCCC[C@@H]1C(N)=O. The predicted octanol–water partition coefficient (Wildman–Crippen LogP) is 1.33. The Morgan fingerprint density at radius 2 is 1.89 bits per heavy atom. The van der Waals surface area contributed by atoms with Gasteiger partial charge in [-0.1, -0.05) is 26.7 Å². The average molecular weight is 265 g/mol. The maximum atomic E-state index is 12.2. The Labute approximate surface area is 114 Å². The summed E-state index contributed by atoms with van der Waals surface area (Å²) in [4.78, 5) is 23.6. The van der Waals surface area contributed by atoms with Crippen LogP contribution in [0.25, 0.3) is 0 Å². The molecule has 1 aliphatic rings. The van der Waals surface area contributed by atoms with Gasteiger partial charge in [0.2, 0.25) is 11.8 Å². The van der Waals surface area contributed by atoms with E-state index >= 15 is 0 Å². The monoisotopic (exact) mass is 265 g/mol. The van der Waals surface area contributed by atoms with Gasteiger partial charge in [0.15, 0.2) is 0 Å². The van der Waals surface area contributed by atoms with Gasteiger partial charge in [-0.3, -0.25) is 9.59 Å². The van der Waals surface area contributed by atoms with Crippen LogP contribution in [0.3, 0.4) is 0 Å². The number of nitrogens with two attached hydrogens (primary N) is 1. The molecule has 0 aromatic heterocycles. The third-order valence-corrected chi connectivity index (χ3v) is 3.65. The molecule has 2 amide bonds. The summed E-state index contributed by atoms with van der Waals surface area (Å²) >= 11 is 0. The second-order valence-electron chi connectivity index (χ2n) is 5.72. The highest BCUT2D eigenvalue weighted by Crippen LogP contribution is 2.30. The molecule has 0 aliphatic heterocycles. The second-order valence-corrected chi connectivity index (χ2v) is 5.72. The molecule has 5 nitrogen and oxygen atoms in total. The van der Waals surface area contributed by atoms with Gasteiger partial charge in [0.05, 0.1) is 6.07 Å². The highest BCUT2D eigenvalue weighted by atomic mass is 16.2. The summed E-state index contributed by atoms with van der Waals surface area (Å²) in [6.07, 6.45) is 3.85. The zero-order valence-corrected chi connectivity index (χ0v) is 11.7. The summed E-state index contributed by atoms with van der Waals surface area (Å²) in [6, 6.07) is 1.62. The van der Waals surface area contributed by atoms with E-state index in [0.717, 1.165) is 12.8 Å². The lowest BCUT2D eigenvalue weighted by atomic mass is 9.78. The van der Waals surface area contributed by atoms with Crippen molar-refractivity contribution in [3.8, 4) is 6.07 Å². The van der Waals surface area contributed by atoms with Crippen molar-refractivity contribution < 1.29 is 9.59 Å². The number of carbonyl (C=O) groups excluding carboxylic acids is 2. The first-order valence-corrected chi connectivity index (χ1v) is 6.95. The second kappa shape index (κ2) is 7.13. The lowest BCUT2D eigenvalue weighted by Crippen LogP contribution is -2.45. The molecule has 106 valence electrons. The maximum absolute atomic E-state index is 12.2. The number of nitrogens with zero attached hydrogens (tertiary/aromatic N) is 1. The molecule has 1 aliphatic carbocycles. The van der Waals surface area contributed by atoms with Crippen molar-refractivity contribution in [2.45, 2.75) is 52.0 Å². The van der Waals surface area contributed by atoms with E-state index in [2.05, 4.69) is 11.4 Å². The van der Waals surface area contributed by atoms with Crippen molar-refractivity contribution >= 4 is 11.8 Å². The standard InChI is InChI=1S/C14H23N3O2/c1-9(2)7-10(8-15)17-14(19)12-6-4-3-5-11(12)13(16)18/h9-12H,3-7H2,1-2H3,(H2,16,18)(H,17,19)/t10-,11+,12-/m1/s1. The number of carbonyl (C=O) groups is 2. The molecule has 0 saturated heterocycles. The molecule has 0 unspecified atom stereocenters. The lowest BCUT2D eigenvalue weighted by Gasteiger charge is -2.29. The summed E-state index contributed by atoms with van der Waals surface area (Å²) in [5.41, 5.74) is 5.36. The third-order valence-electron chi connectivity index (χ3n) is 3.65. The van der Waals surface area contributed by atoms with Crippen LogP contribution in [0.1, 0.15) is 46.0 Å². The van der Waals surface area contributed by atoms with Crippen molar-refractivity contribution in [2.24, 2.45) is 23.5 Å². The molecule has 0 bridgehead atoms. The molecule has 3 N–H and O–H groups in total. The molecular formula is C14H23N3O2. The molecule has 1 saturated carbocycles. The van der Waals surface area contributed by atoms with Crippen LogP contribution in [0.4, 0.5) is 0 Å². The van der Waals surface area contributed by atoms with Crippen molar-refractivity contribution in [1.29, 1.82) is 5.26 Å². The summed E-state index contributed by atoms with van der Waals surface area (Å²) in [6.45, 7) is 4.01. The van der Waals surface area contributed by atoms with Crippen LogP contribution in [-0.2, 0) is 9.59 Å². The summed E-state index contributed by atoms with van der Waals surface area (Å²) in [5, 5.41) is 11.8. The molecule has 3 atom stereocenters. The van der Waals surface area contributed by atoms with E-state index in [1.807, 2.05) is 13.8 Å². The number of hydrogen-bond donors (Lipinski definition) is 2. The topological polar surface area (TPSA) is 96.0 Å². The first-order valence-electron chi connectivity index (χ1n) is 6.95. The number of amides is 2. The fourth-order valence-corrected chi connectivity index (χ4v) is 2.68. The smallest absolute Gasteiger partial charge is 0.224 e. The van der Waals surface area contributed by atoms with Gasteiger partial charge in [0.25, 0.3) is 0 Å². The van der Waals surface area contributed by atoms with Gasteiger partial charge in [-0.15, -0.1) is 0 Å².